The molecular formula is C19H18ClN3O4S. The molecule has 0 fully saturated rings. The molecule has 0 radical (unpaired) electrons. The van der Waals surface area contributed by atoms with Crippen LogP contribution in [0.4, 0.5) is 5.69 Å². The van der Waals surface area contributed by atoms with E-state index in [-0.39, 0.29) is 17.5 Å². The van der Waals surface area contributed by atoms with E-state index in [1.807, 2.05) is 6.92 Å². The summed E-state index contributed by atoms with van der Waals surface area (Å²) in [6.45, 7) is 3.84. The molecule has 146 valence electrons. The molecule has 0 spiro atoms. The van der Waals surface area contributed by atoms with Gasteiger partial charge in [-0.15, -0.1) is 0 Å². The van der Waals surface area contributed by atoms with Gasteiger partial charge in [-0.3, -0.25) is 4.31 Å². The van der Waals surface area contributed by atoms with E-state index in [9.17, 15) is 8.42 Å². The first kappa shape index (κ1) is 18.8. The zero-order chi connectivity index (χ0) is 19.9. The van der Waals surface area contributed by atoms with Crippen molar-refractivity contribution in [3.05, 3.63) is 53.4 Å². The molecule has 0 N–H and O–H groups in total. The summed E-state index contributed by atoms with van der Waals surface area (Å²) in [6, 6.07) is 11.5. The Balaban J connectivity index is 1.79. The van der Waals surface area contributed by atoms with Gasteiger partial charge in [0.2, 0.25) is 11.7 Å². The molecule has 1 aromatic heterocycles. The van der Waals surface area contributed by atoms with Gasteiger partial charge in [0.25, 0.3) is 10.0 Å². The van der Waals surface area contributed by atoms with Crippen LogP contribution in [0.2, 0.25) is 5.02 Å². The van der Waals surface area contributed by atoms with E-state index in [0.717, 1.165) is 0 Å². The minimum Gasteiger partial charge on any atom is -0.486 e. The lowest BCUT2D eigenvalue weighted by atomic mass is 10.2. The van der Waals surface area contributed by atoms with Crippen LogP contribution >= 0.6 is 11.6 Å². The maximum atomic E-state index is 13.5. The molecule has 9 heteroatoms. The summed E-state index contributed by atoms with van der Waals surface area (Å²) in [5.41, 5.74) is 0.988. The Morgan fingerprint density at radius 3 is 2.79 bits per heavy atom. The van der Waals surface area contributed by atoms with E-state index in [2.05, 4.69) is 10.1 Å². The van der Waals surface area contributed by atoms with Crippen LogP contribution in [0.1, 0.15) is 19.2 Å². The molecule has 1 aliphatic rings. The van der Waals surface area contributed by atoms with Crippen molar-refractivity contribution < 1.29 is 17.7 Å². The van der Waals surface area contributed by atoms with Crippen LogP contribution in [-0.4, -0.2) is 31.2 Å². The molecule has 3 aromatic rings. The minimum absolute atomic E-state index is 0.134. The summed E-state index contributed by atoms with van der Waals surface area (Å²) < 4.78 is 39.2. The highest BCUT2D eigenvalue weighted by atomic mass is 35.5. The van der Waals surface area contributed by atoms with Gasteiger partial charge >= 0.3 is 0 Å². The number of hydrogen-bond acceptors (Lipinski definition) is 6. The fraction of sp³-hybridized carbons (Fsp3) is 0.263. The number of aromatic nitrogens is 2. The van der Waals surface area contributed by atoms with E-state index in [0.29, 0.717) is 40.2 Å². The smallest absolute Gasteiger partial charge is 0.264 e. The number of hydrogen-bond donors (Lipinski definition) is 0. The lowest BCUT2D eigenvalue weighted by Gasteiger charge is -2.35. The van der Waals surface area contributed by atoms with Crippen molar-refractivity contribution in [3.8, 4) is 17.1 Å². The van der Waals surface area contributed by atoms with Crippen LogP contribution in [-0.2, 0) is 10.0 Å². The molecule has 7 nitrogen and oxygen atoms in total. The zero-order valence-electron chi connectivity index (χ0n) is 15.3. The highest BCUT2D eigenvalue weighted by Gasteiger charge is 2.34. The number of benzene rings is 2. The summed E-state index contributed by atoms with van der Waals surface area (Å²) in [7, 11) is -3.85. The number of halogens is 1. The first-order valence-electron chi connectivity index (χ1n) is 8.78. The van der Waals surface area contributed by atoms with Gasteiger partial charge in [0.1, 0.15) is 11.9 Å². The Kier molecular flexibility index (Phi) is 4.76. The molecule has 0 unspecified atom stereocenters. The highest BCUT2D eigenvalue weighted by Crippen LogP contribution is 2.39. The molecule has 1 atom stereocenters. The lowest BCUT2D eigenvalue weighted by molar-refractivity contribution is 0.196. The second-order valence-corrected chi connectivity index (χ2v) is 8.76. The zero-order valence-corrected chi connectivity index (χ0v) is 16.9. The standard InChI is InChI=1S/C19H18ClN3O4S/c1-3-15-11-23(17-10-14(20)7-8-18(17)26-15)28(24,25)16-6-4-5-13(9-16)19-21-12(2)27-22-19/h4-10,15H,3,11H2,1-2H3/t15-/m0/s1. The fourth-order valence-electron chi connectivity index (χ4n) is 3.06. The maximum absolute atomic E-state index is 13.5. The number of ether oxygens (including phenoxy) is 1. The molecule has 0 aliphatic carbocycles. The predicted molar refractivity (Wildman–Crippen MR) is 105 cm³/mol. The number of rotatable bonds is 4. The van der Waals surface area contributed by atoms with Crippen molar-refractivity contribution in [2.45, 2.75) is 31.3 Å². The number of fused-ring (bicyclic) bond motifs is 1. The summed E-state index contributed by atoms with van der Waals surface area (Å²) in [5, 5.41) is 4.30. The highest BCUT2D eigenvalue weighted by molar-refractivity contribution is 7.92. The van der Waals surface area contributed by atoms with Crippen molar-refractivity contribution in [2.75, 3.05) is 10.8 Å². The monoisotopic (exact) mass is 419 g/mol. The molecule has 0 bridgehead atoms. The van der Waals surface area contributed by atoms with Gasteiger partial charge in [0.05, 0.1) is 17.1 Å². The molecule has 28 heavy (non-hydrogen) atoms. The van der Waals surface area contributed by atoms with Crippen molar-refractivity contribution in [3.63, 3.8) is 0 Å². The third-order valence-corrected chi connectivity index (χ3v) is 6.53. The third kappa shape index (κ3) is 3.33. The molecule has 0 saturated carbocycles. The van der Waals surface area contributed by atoms with Gasteiger partial charge in [0.15, 0.2) is 0 Å². The molecule has 2 heterocycles. The Hall–Kier alpha value is -2.58. The van der Waals surface area contributed by atoms with Crippen LogP contribution in [0.15, 0.2) is 51.9 Å². The van der Waals surface area contributed by atoms with Crippen LogP contribution in [0.5, 0.6) is 5.75 Å². The molecule has 1 aliphatic heterocycles. The number of nitrogens with zero attached hydrogens (tertiary/aromatic N) is 3. The summed E-state index contributed by atoms with van der Waals surface area (Å²) in [5.74, 6) is 1.24. The van der Waals surface area contributed by atoms with E-state index < -0.39 is 10.0 Å². The van der Waals surface area contributed by atoms with Crippen LogP contribution in [0.25, 0.3) is 11.4 Å². The third-order valence-electron chi connectivity index (χ3n) is 4.52. The van der Waals surface area contributed by atoms with Crippen molar-refractivity contribution in [1.82, 2.24) is 10.1 Å². The Labute approximate surface area is 167 Å². The van der Waals surface area contributed by atoms with E-state index in [1.165, 1.54) is 4.31 Å². The molecule has 4 rings (SSSR count). The van der Waals surface area contributed by atoms with Crippen molar-refractivity contribution in [1.29, 1.82) is 0 Å². The Morgan fingerprint density at radius 1 is 1.25 bits per heavy atom. The van der Waals surface area contributed by atoms with Crippen molar-refractivity contribution >= 4 is 27.3 Å². The van der Waals surface area contributed by atoms with Crippen molar-refractivity contribution in [2.24, 2.45) is 0 Å². The average Bonchev–Trinajstić information content (AvgIpc) is 3.13. The van der Waals surface area contributed by atoms with Crippen LogP contribution in [0, 0.1) is 6.92 Å². The van der Waals surface area contributed by atoms with Gasteiger partial charge in [-0.25, -0.2) is 8.42 Å². The summed E-state index contributed by atoms with van der Waals surface area (Å²) in [6.07, 6.45) is 0.433. The summed E-state index contributed by atoms with van der Waals surface area (Å²) in [4.78, 5) is 4.30. The largest absolute Gasteiger partial charge is 0.486 e. The first-order valence-corrected chi connectivity index (χ1v) is 10.6. The first-order chi connectivity index (χ1) is 13.4. The van der Waals surface area contributed by atoms with Gasteiger partial charge < -0.3 is 9.26 Å². The van der Waals surface area contributed by atoms with Gasteiger partial charge in [0, 0.05) is 17.5 Å². The Bertz CT molecular complexity index is 1130. The van der Waals surface area contributed by atoms with Gasteiger partial charge in [-0.2, -0.15) is 4.98 Å². The quantitative estimate of drug-likeness (QED) is 0.633. The van der Waals surface area contributed by atoms with E-state index in [4.69, 9.17) is 20.9 Å². The maximum Gasteiger partial charge on any atom is 0.264 e. The summed E-state index contributed by atoms with van der Waals surface area (Å²) >= 11 is 6.11. The fourth-order valence-corrected chi connectivity index (χ4v) is 4.78. The second kappa shape index (κ2) is 7.10. The lowest BCUT2D eigenvalue weighted by Crippen LogP contribution is -2.43. The van der Waals surface area contributed by atoms with Crippen LogP contribution in [0.3, 0.4) is 0 Å². The second-order valence-electron chi connectivity index (χ2n) is 6.46. The number of anilines is 1. The molecule has 0 amide bonds. The van der Waals surface area contributed by atoms with Crippen LogP contribution < -0.4 is 9.04 Å². The number of sulfonamides is 1. The normalized spacial score (nSPS) is 16.5. The topological polar surface area (TPSA) is 85.5 Å². The SMILES string of the molecule is CC[C@H]1CN(S(=O)(=O)c2cccc(-c3noc(C)n3)c2)c2cc(Cl)ccc2O1. The Morgan fingerprint density at radius 2 is 2.07 bits per heavy atom. The average molecular weight is 420 g/mol. The van der Waals surface area contributed by atoms with Gasteiger partial charge in [-0.05, 0) is 36.8 Å². The van der Waals surface area contributed by atoms with E-state index in [1.54, 1.807) is 49.4 Å². The van der Waals surface area contributed by atoms with E-state index >= 15 is 0 Å². The molecule has 2 aromatic carbocycles. The molecule has 0 saturated heterocycles. The van der Waals surface area contributed by atoms with Gasteiger partial charge in [-0.1, -0.05) is 35.8 Å². The number of aryl methyl sites for hydroxylation is 1. The predicted octanol–water partition coefficient (Wildman–Crippen LogP) is 4.06. The minimum atomic E-state index is -3.85. The molecular weight excluding hydrogens is 402 g/mol.